The summed E-state index contributed by atoms with van der Waals surface area (Å²) in [4.78, 5) is 7.39. The molecule has 5 heteroatoms. The van der Waals surface area contributed by atoms with E-state index in [1.165, 1.54) is 32.4 Å². The predicted octanol–water partition coefficient (Wildman–Crippen LogP) is 2.58. The molecule has 3 N–H and O–H groups in total. The number of hydrogen-bond donors (Lipinski definition) is 3. The number of rotatable bonds is 8. The fraction of sp³-hybridized carbons (Fsp3) is 0.667. The number of hydrogen-bond acceptors (Lipinski definition) is 3. The molecule has 0 amide bonds. The zero-order chi connectivity index (χ0) is 18.8. The smallest absolute Gasteiger partial charge is 0.191 e. The Bertz CT molecular complexity index is 538. The lowest BCUT2D eigenvalue weighted by atomic mass is 9.99. The van der Waals surface area contributed by atoms with Gasteiger partial charge in [0.2, 0.25) is 0 Å². The summed E-state index contributed by atoms with van der Waals surface area (Å²) in [7, 11) is 0. The first-order chi connectivity index (χ1) is 12.6. The highest BCUT2D eigenvalue weighted by Gasteiger charge is 2.27. The third-order valence-corrected chi connectivity index (χ3v) is 5.19. The van der Waals surface area contributed by atoms with Crippen molar-refractivity contribution in [1.29, 1.82) is 0 Å². The average molecular weight is 361 g/mol. The standard InChI is InChI=1S/C21H36N4O/c1-4-22-20(23-15-19(16-26)18-11-7-5-8-12-18)24-17-21(2,3)25-13-9-6-10-14-25/h5,7-8,11-12,19,26H,4,6,9-10,13-17H2,1-3H3,(H2,22,23,24). The minimum Gasteiger partial charge on any atom is -0.396 e. The van der Waals surface area contributed by atoms with Crippen LogP contribution in [0.25, 0.3) is 0 Å². The van der Waals surface area contributed by atoms with Gasteiger partial charge in [0.1, 0.15) is 0 Å². The van der Waals surface area contributed by atoms with Gasteiger partial charge in [-0.2, -0.15) is 0 Å². The van der Waals surface area contributed by atoms with Crippen molar-refractivity contribution in [2.24, 2.45) is 4.99 Å². The predicted molar refractivity (Wildman–Crippen MR) is 110 cm³/mol. The Hall–Kier alpha value is -1.59. The molecule has 1 aliphatic heterocycles. The van der Waals surface area contributed by atoms with E-state index in [1.807, 2.05) is 18.2 Å². The van der Waals surface area contributed by atoms with Crippen LogP contribution in [-0.2, 0) is 0 Å². The molecule has 26 heavy (non-hydrogen) atoms. The van der Waals surface area contributed by atoms with E-state index in [0.29, 0.717) is 6.54 Å². The highest BCUT2D eigenvalue weighted by atomic mass is 16.3. The van der Waals surface area contributed by atoms with Crippen molar-refractivity contribution in [3.05, 3.63) is 35.9 Å². The van der Waals surface area contributed by atoms with Crippen molar-refractivity contribution in [3.8, 4) is 0 Å². The zero-order valence-corrected chi connectivity index (χ0v) is 16.7. The molecule has 1 fully saturated rings. The van der Waals surface area contributed by atoms with Crippen LogP contribution in [0.4, 0.5) is 0 Å². The van der Waals surface area contributed by atoms with Crippen LogP contribution in [0.5, 0.6) is 0 Å². The summed E-state index contributed by atoms with van der Waals surface area (Å²) in [5.41, 5.74) is 1.21. The lowest BCUT2D eigenvalue weighted by molar-refractivity contribution is 0.102. The normalized spacial score (nSPS) is 17.8. The number of piperidine rings is 1. The van der Waals surface area contributed by atoms with Crippen LogP contribution in [-0.4, -0.2) is 60.8 Å². The van der Waals surface area contributed by atoms with Crippen LogP contribution < -0.4 is 10.6 Å². The first kappa shape index (κ1) is 20.7. The van der Waals surface area contributed by atoms with Crippen molar-refractivity contribution < 1.29 is 5.11 Å². The summed E-state index contributed by atoms with van der Waals surface area (Å²) in [6.45, 7) is 11.4. The molecule has 1 unspecified atom stereocenters. The lowest BCUT2D eigenvalue weighted by Gasteiger charge is -2.40. The third-order valence-electron chi connectivity index (χ3n) is 5.19. The largest absolute Gasteiger partial charge is 0.396 e. The van der Waals surface area contributed by atoms with Crippen LogP contribution in [0.3, 0.4) is 0 Å². The van der Waals surface area contributed by atoms with Gasteiger partial charge >= 0.3 is 0 Å². The summed E-state index contributed by atoms with van der Waals surface area (Å²) in [6.07, 6.45) is 3.93. The first-order valence-corrected chi connectivity index (χ1v) is 10.00. The summed E-state index contributed by atoms with van der Waals surface area (Å²) >= 11 is 0. The van der Waals surface area contributed by atoms with Gasteiger partial charge in [0.25, 0.3) is 0 Å². The molecule has 0 aliphatic carbocycles. The van der Waals surface area contributed by atoms with Gasteiger partial charge in [-0.05, 0) is 52.3 Å². The van der Waals surface area contributed by atoms with Crippen LogP contribution in [0, 0.1) is 0 Å². The minimum absolute atomic E-state index is 0.0650. The number of aliphatic hydroxyl groups is 1. The topological polar surface area (TPSA) is 59.9 Å². The molecule has 146 valence electrons. The van der Waals surface area contributed by atoms with Gasteiger partial charge in [-0.3, -0.25) is 9.89 Å². The Morgan fingerprint density at radius 2 is 1.85 bits per heavy atom. The second-order valence-corrected chi connectivity index (χ2v) is 7.73. The molecule has 0 aromatic heterocycles. The Morgan fingerprint density at radius 1 is 1.15 bits per heavy atom. The van der Waals surface area contributed by atoms with E-state index in [-0.39, 0.29) is 18.1 Å². The molecule has 0 radical (unpaired) electrons. The summed E-state index contributed by atoms with van der Waals surface area (Å²) in [6, 6.07) is 10.1. The van der Waals surface area contributed by atoms with Crippen molar-refractivity contribution in [2.45, 2.75) is 51.5 Å². The van der Waals surface area contributed by atoms with E-state index < -0.39 is 0 Å². The highest BCUT2D eigenvalue weighted by molar-refractivity contribution is 5.79. The van der Waals surface area contributed by atoms with Crippen LogP contribution >= 0.6 is 0 Å². The fourth-order valence-electron chi connectivity index (χ4n) is 3.45. The number of likely N-dealkylation sites (tertiary alicyclic amines) is 1. The van der Waals surface area contributed by atoms with E-state index in [1.54, 1.807) is 0 Å². The summed E-state index contributed by atoms with van der Waals surface area (Å²) < 4.78 is 0. The number of nitrogens with zero attached hydrogens (tertiary/aromatic N) is 2. The van der Waals surface area contributed by atoms with E-state index in [0.717, 1.165) is 24.6 Å². The number of aliphatic hydroxyl groups excluding tert-OH is 1. The molecule has 2 rings (SSSR count). The summed E-state index contributed by atoms with van der Waals surface area (Å²) in [5.74, 6) is 0.891. The molecule has 5 nitrogen and oxygen atoms in total. The molecule has 1 heterocycles. The minimum atomic E-state index is 0.0650. The monoisotopic (exact) mass is 360 g/mol. The molecule has 1 aromatic carbocycles. The summed E-state index contributed by atoms with van der Waals surface area (Å²) in [5, 5.41) is 16.5. The Balaban J connectivity index is 1.95. The Labute approximate surface area is 158 Å². The van der Waals surface area contributed by atoms with Gasteiger partial charge in [0, 0.05) is 24.5 Å². The second-order valence-electron chi connectivity index (χ2n) is 7.73. The van der Waals surface area contributed by atoms with Crippen molar-refractivity contribution in [3.63, 3.8) is 0 Å². The fourth-order valence-corrected chi connectivity index (χ4v) is 3.45. The van der Waals surface area contributed by atoms with E-state index in [9.17, 15) is 5.11 Å². The van der Waals surface area contributed by atoms with Gasteiger partial charge in [0.05, 0.1) is 13.2 Å². The van der Waals surface area contributed by atoms with E-state index in [2.05, 4.69) is 48.4 Å². The van der Waals surface area contributed by atoms with Crippen molar-refractivity contribution in [2.75, 3.05) is 39.3 Å². The molecule has 1 aromatic rings. The van der Waals surface area contributed by atoms with Crippen molar-refractivity contribution in [1.82, 2.24) is 15.5 Å². The maximum atomic E-state index is 9.74. The average Bonchev–Trinajstić information content (AvgIpc) is 2.68. The van der Waals surface area contributed by atoms with E-state index in [4.69, 9.17) is 4.99 Å². The third kappa shape index (κ3) is 6.29. The lowest BCUT2D eigenvalue weighted by Crippen LogP contribution is -2.49. The maximum Gasteiger partial charge on any atom is 0.191 e. The van der Waals surface area contributed by atoms with Gasteiger partial charge in [-0.25, -0.2) is 0 Å². The molecule has 0 bridgehead atoms. The van der Waals surface area contributed by atoms with Gasteiger partial charge in [-0.15, -0.1) is 0 Å². The molecule has 1 saturated heterocycles. The van der Waals surface area contributed by atoms with Crippen LogP contribution in [0.1, 0.15) is 51.5 Å². The number of nitrogens with one attached hydrogen (secondary N) is 2. The molecule has 1 aliphatic rings. The van der Waals surface area contributed by atoms with E-state index >= 15 is 0 Å². The molecular formula is C21H36N4O. The zero-order valence-electron chi connectivity index (χ0n) is 16.7. The van der Waals surface area contributed by atoms with Gasteiger partial charge in [-0.1, -0.05) is 36.8 Å². The number of benzene rings is 1. The molecule has 0 spiro atoms. The van der Waals surface area contributed by atoms with Crippen LogP contribution in [0.15, 0.2) is 35.3 Å². The van der Waals surface area contributed by atoms with Crippen molar-refractivity contribution >= 4 is 5.96 Å². The van der Waals surface area contributed by atoms with Gasteiger partial charge < -0.3 is 15.7 Å². The quantitative estimate of drug-likeness (QED) is 0.493. The molecular weight excluding hydrogens is 324 g/mol. The number of aliphatic imine (C=N–C) groups is 1. The molecule has 1 atom stereocenters. The number of guanidine groups is 1. The first-order valence-electron chi connectivity index (χ1n) is 10.00. The SMILES string of the molecule is CCNC(=NCC(C)(C)N1CCCCC1)NCC(CO)c1ccccc1. The Kier molecular flexibility index (Phi) is 8.39. The van der Waals surface area contributed by atoms with Crippen LogP contribution in [0.2, 0.25) is 0 Å². The maximum absolute atomic E-state index is 9.74. The van der Waals surface area contributed by atoms with Gasteiger partial charge in [0.15, 0.2) is 5.96 Å². The Morgan fingerprint density at radius 3 is 2.46 bits per heavy atom. The highest BCUT2D eigenvalue weighted by Crippen LogP contribution is 2.20. The second kappa shape index (κ2) is 10.5. The molecule has 0 saturated carbocycles.